The predicted molar refractivity (Wildman–Crippen MR) is 64.5 cm³/mol. The van der Waals surface area contributed by atoms with Crippen LogP contribution in [0, 0.1) is 13.8 Å². The Labute approximate surface area is 96.3 Å². The van der Waals surface area contributed by atoms with Crippen LogP contribution in [0.5, 0.6) is 0 Å². The van der Waals surface area contributed by atoms with E-state index in [1.54, 1.807) is 11.8 Å². The molecule has 0 amide bonds. The van der Waals surface area contributed by atoms with Crippen molar-refractivity contribution in [2.24, 2.45) is 0 Å². The second-order valence-corrected chi connectivity index (χ2v) is 5.68. The first kappa shape index (κ1) is 12.5. The first-order chi connectivity index (χ1) is 6.97. The monoisotopic (exact) mass is 226 g/mol. The lowest BCUT2D eigenvalue weighted by Crippen LogP contribution is -3.06. The summed E-state index contributed by atoms with van der Waals surface area (Å²) in [5.41, 5.74) is 2.10. The van der Waals surface area contributed by atoms with Crippen LogP contribution in [0.1, 0.15) is 18.3 Å². The van der Waals surface area contributed by atoms with Gasteiger partial charge in [0.2, 0.25) is 0 Å². The number of aromatic nitrogens is 2. The van der Waals surface area contributed by atoms with Gasteiger partial charge in [-0.2, -0.15) is 0 Å². The van der Waals surface area contributed by atoms with Gasteiger partial charge < -0.3 is 4.90 Å². The molecule has 0 aliphatic rings. The van der Waals surface area contributed by atoms with Crippen LogP contribution in [0.25, 0.3) is 0 Å². The Bertz CT molecular complexity index is 305. The molecule has 1 heterocycles. The van der Waals surface area contributed by atoms with Gasteiger partial charge in [0.1, 0.15) is 0 Å². The SMILES string of the molecule is Cc1cc(C)nc(S[C@H](C)C[NH+](C)C)n1. The summed E-state index contributed by atoms with van der Waals surface area (Å²) in [6.45, 7) is 7.38. The third kappa shape index (κ3) is 4.62. The van der Waals surface area contributed by atoms with Crippen LogP contribution in [0.4, 0.5) is 0 Å². The van der Waals surface area contributed by atoms with Crippen molar-refractivity contribution < 1.29 is 4.90 Å². The normalized spacial score (nSPS) is 13.2. The minimum Gasteiger partial charge on any atom is -0.339 e. The van der Waals surface area contributed by atoms with Crippen LogP contribution >= 0.6 is 11.8 Å². The standard InChI is InChI=1S/C11H19N3S/c1-8-6-9(2)13-11(12-8)15-10(3)7-14(4)5/h6,10H,7H2,1-5H3/p+1/t10-/m1/s1. The van der Waals surface area contributed by atoms with Crippen molar-refractivity contribution in [2.45, 2.75) is 31.2 Å². The van der Waals surface area contributed by atoms with Gasteiger partial charge in [-0.3, -0.25) is 0 Å². The molecule has 0 unspecified atom stereocenters. The molecule has 4 heteroatoms. The van der Waals surface area contributed by atoms with Gasteiger partial charge in [0.15, 0.2) is 5.16 Å². The molecule has 0 fully saturated rings. The number of rotatable bonds is 4. The summed E-state index contributed by atoms with van der Waals surface area (Å²) >= 11 is 1.76. The van der Waals surface area contributed by atoms with Gasteiger partial charge in [0.25, 0.3) is 0 Å². The van der Waals surface area contributed by atoms with E-state index in [-0.39, 0.29) is 0 Å². The van der Waals surface area contributed by atoms with E-state index in [2.05, 4.69) is 31.0 Å². The first-order valence-corrected chi connectivity index (χ1v) is 6.13. The largest absolute Gasteiger partial charge is 0.339 e. The molecule has 84 valence electrons. The molecule has 1 rings (SSSR count). The van der Waals surface area contributed by atoms with Crippen molar-refractivity contribution >= 4 is 11.8 Å². The van der Waals surface area contributed by atoms with Crippen molar-refractivity contribution in [1.29, 1.82) is 0 Å². The average molecular weight is 226 g/mol. The molecule has 0 radical (unpaired) electrons. The number of nitrogens with zero attached hydrogens (tertiary/aromatic N) is 2. The van der Waals surface area contributed by atoms with Crippen LogP contribution in [-0.2, 0) is 0 Å². The van der Waals surface area contributed by atoms with Crippen LogP contribution in [0.15, 0.2) is 11.2 Å². The van der Waals surface area contributed by atoms with Crippen molar-refractivity contribution in [2.75, 3.05) is 20.6 Å². The van der Waals surface area contributed by atoms with E-state index in [0.717, 1.165) is 23.1 Å². The maximum absolute atomic E-state index is 4.42. The number of hydrogen-bond donors (Lipinski definition) is 1. The average Bonchev–Trinajstić information content (AvgIpc) is 1.98. The van der Waals surface area contributed by atoms with Gasteiger partial charge >= 0.3 is 0 Å². The molecule has 1 aromatic rings. The Kier molecular flexibility index (Phi) is 4.54. The number of thioether (sulfide) groups is 1. The van der Waals surface area contributed by atoms with Gasteiger partial charge in [-0.15, -0.1) is 0 Å². The van der Waals surface area contributed by atoms with Gasteiger partial charge in [-0.05, 0) is 26.8 Å². The molecule has 0 saturated carbocycles. The second-order valence-electron chi connectivity index (χ2n) is 4.27. The van der Waals surface area contributed by atoms with E-state index in [0.29, 0.717) is 5.25 Å². The molecule has 1 atom stereocenters. The molecule has 0 aliphatic carbocycles. The summed E-state index contributed by atoms with van der Waals surface area (Å²) < 4.78 is 0. The van der Waals surface area contributed by atoms with Gasteiger partial charge in [-0.1, -0.05) is 11.8 Å². The highest BCUT2D eigenvalue weighted by atomic mass is 32.2. The lowest BCUT2D eigenvalue weighted by molar-refractivity contribution is -0.857. The third-order valence-electron chi connectivity index (χ3n) is 1.96. The number of nitrogens with one attached hydrogen (secondary N) is 1. The maximum atomic E-state index is 4.42. The Balaban J connectivity index is 2.63. The zero-order chi connectivity index (χ0) is 11.4. The topological polar surface area (TPSA) is 30.2 Å². The Hall–Kier alpha value is -0.610. The highest BCUT2D eigenvalue weighted by Crippen LogP contribution is 2.18. The smallest absolute Gasteiger partial charge is 0.188 e. The van der Waals surface area contributed by atoms with E-state index < -0.39 is 0 Å². The van der Waals surface area contributed by atoms with Crippen molar-refractivity contribution in [3.8, 4) is 0 Å². The quantitative estimate of drug-likeness (QED) is 0.606. The van der Waals surface area contributed by atoms with E-state index in [1.165, 1.54) is 4.90 Å². The van der Waals surface area contributed by atoms with Crippen LogP contribution in [0.3, 0.4) is 0 Å². The molecular formula is C11H20N3S+. The first-order valence-electron chi connectivity index (χ1n) is 5.25. The van der Waals surface area contributed by atoms with Gasteiger partial charge in [0.05, 0.1) is 25.9 Å². The van der Waals surface area contributed by atoms with Crippen molar-refractivity contribution in [3.63, 3.8) is 0 Å². The number of hydrogen-bond acceptors (Lipinski definition) is 3. The van der Waals surface area contributed by atoms with Crippen LogP contribution < -0.4 is 4.90 Å². The molecule has 1 N–H and O–H groups in total. The van der Waals surface area contributed by atoms with E-state index in [4.69, 9.17) is 0 Å². The van der Waals surface area contributed by atoms with E-state index >= 15 is 0 Å². The Morgan fingerprint density at radius 3 is 2.27 bits per heavy atom. The zero-order valence-corrected chi connectivity index (χ0v) is 11.0. The lowest BCUT2D eigenvalue weighted by Gasteiger charge is -2.13. The van der Waals surface area contributed by atoms with Crippen molar-refractivity contribution in [1.82, 2.24) is 9.97 Å². The highest BCUT2D eigenvalue weighted by Gasteiger charge is 2.10. The maximum Gasteiger partial charge on any atom is 0.188 e. The predicted octanol–water partition coefficient (Wildman–Crippen LogP) is 0.719. The van der Waals surface area contributed by atoms with E-state index in [9.17, 15) is 0 Å². The summed E-state index contributed by atoms with van der Waals surface area (Å²) in [5, 5.41) is 1.46. The molecule has 0 spiro atoms. The minimum absolute atomic E-state index is 0.552. The summed E-state index contributed by atoms with van der Waals surface area (Å²) in [7, 11) is 4.33. The summed E-state index contributed by atoms with van der Waals surface area (Å²) in [4.78, 5) is 10.3. The summed E-state index contributed by atoms with van der Waals surface area (Å²) in [6, 6.07) is 2.01. The second kappa shape index (κ2) is 5.47. The number of quaternary nitrogens is 1. The fourth-order valence-corrected chi connectivity index (χ4v) is 2.71. The van der Waals surface area contributed by atoms with E-state index in [1.807, 2.05) is 19.9 Å². The number of aryl methyl sites for hydroxylation is 2. The van der Waals surface area contributed by atoms with Gasteiger partial charge in [0, 0.05) is 11.4 Å². The highest BCUT2D eigenvalue weighted by molar-refractivity contribution is 7.99. The van der Waals surface area contributed by atoms with Crippen LogP contribution in [-0.4, -0.2) is 35.9 Å². The fraction of sp³-hybridized carbons (Fsp3) is 0.636. The van der Waals surface area contributed by atoms with Gasteiger partial charge in [-0.25, -0.2) is 9.97 Å². The molecule has 15 heavy (non-hydrogen) atoms. The van der Waals surface area contributed by atoms with Crippen LogP contribution in [0.2, 0.25) is 0 Å². The molecule has 0 aromatic carbocycles. The summed E-state index contributed by atoms with van der Waals surface area (Å²) in [6.07, 6.45) is 0. The molecular weight excluding hydrogens is 206 g/mol. The minimum atomic E-state index is 0.552. The molecule has 1 aromatic heterocycles. The zero-order valence-electron chi connectivity index (χ0n) is 10.2. The molecule has 3 nitrogen and oxygen atoms in total. The molecule has 0 aliphatic heterocycles. The molecule has 0 bridgehead atoms. The fourth-order valence-electron chi connectivity index (χ4n) is 1.54. The Morgan fingerprint density at radius 2 is 1.80 bits per heavy atom. The Morgan fingerprint density at radius 1 is 1.27 bits per heavy atom. The summed E-state index contributed by atoms with van der Waals surface area (Å²) in [5.74, 6) is 0. The lowest BCUT2D eigenvalue weighted by atomic mass is 10.4. The van der Waals surface area contributed by atoms with Crippen molar-refractivity contribution in [3.05, 3.63) is 17.5 Å². The molecule has 0 saturated heterocycles. The third-order valence-corrected chi connectivity index (χ3v) is 2.93.